The van der Waals surface area contributed by atoms with Gasteiger partial charge in [-0.2, -0.15) is 11.8 Å². The number of hydrogen-bond donors (Lipinski definition) is 1. The predicted molar refractivity (Wildman–Crippen MR) is 68.9 cm³/mol. The van der Waals surface area contributed by atoms with E-state index in [0.717, 1.165) is 37.4 Å². The Kier molecular flexibility index (Phi) is 4.18. The first-order valence-electron chi connectivity index (χ1n) is 5.89. The van der Waals surface area contributed by atoms with Gasteiger partial charge >= 0.3 is 0 Å². The topological polar surface area (TPSA) is 37.8 Å². The molecule has 88 valence electrons. The first kappa shape index (κ1) is 11.9. The van der Waals surface area contributed by atoms with E-state index in [4.69, 9.17) is 0 Å². The Morgan fingerprint density at radius 3 is 3.06 bits per heavy atom. The van der Waals surface area contributed by atoms with Gasteiger partial charge in [0.25, 0.3) is 0 Å². The van der Waals surface area contributed by atoms with Crippen molar-refractivity contribution in [1.29, 1.82) is 0 Å². The van der Waals surface area contributed by atoms with Gasteiger partial charge < -0.3 is 5.32 Å². The van der Waals surface area contributed by atoms with Crippen molar-refractivity contribution >= 4 is 11.8 Å². The van der Waals surface area contributed by atoms with Crippen LogP contribution in [0, 0.1) is 6.92 Å². The summed E-state index contributed by atoms with van der Waals surface area (Å²) >= 11 is 1.98. The fourth-order valence-electron chi connectivity index (χ4n) is 2.04. The number of aromatic nitrogens is 2. The molecule has 3 nitrogen and oxygen atoms in total. The van der Waals surface area contributed by atoms with E-state index in [1.165, 1.54) is 22.7 Å². The number of thioether (sulfide) groups is 1. The third-order valence-corrected chi connectivity index (χ3v) is 3.88. The maximum atomic E-state index is 4.69. The molecular formula is C12H19N3S. The quantitative estimate of drug-likeness (QED) is 0.809. The van der Waals surface area contributed by atoms with Crippen LogP contribution in [0.4, 0.5) is 0 Å². The summed E-state index contributed by atoms with van der Waals surface area (Å²) in [6, 6.07) is 0. The van der Waals surface area contributed by atoms with Crippen LogP contribution in [-0.4, -0.2) is 29.3 Å². The first-order chi connectivity index (χ1) is 7.81. The largest absolute Gasteiger partial charge is 0.320 e. The zero-order chi connectivity index (χ0) is 11.4. The minimum absolute atomic E-state index is 0.986. The molecule has 0 saturated carbocycles. The Hall–Kier alpha value is -0.610. The molecule has 1 aromatic rings. The maximum Gasteiger partial charge on any atom is 0.128 e. The lowest BCUT2D eigenvalue weighted by molar-refractivity contribution is 0.694. The van der Waals surface area contributed by atoms with Crippen LogP contribution in [0.1, 0.15) is 29.2 Å². The zero-order valence-corrected chi connectivity index (χ0v) is 10.9. The van der Waals surface area contributed by atoms with Crippen molar-refractivity contribution in [2.75, 3.05) is 19.3 Å². The monoisotopic (exact) mass is 237 g/mol. The molecule has 0 bridgehead atoms. The van der Waals surface area contributed by atoms with E-state index in [2.05, 4.69) is 22.2 Å². The molecular weight excluding hydrogens is 218 g/mol. The molecule has 0 aliphatic carbocycles. The highest BCUT2D eigenvalue weighted by Crippen LogP contribution is 2.24. The lowest BCUT2D eigenvalue weighted by Gasteiger charge is -2.17. The molecule has 0 saturated heterocycles. The molecule has 1 aliphatic heterocycles. The lowest BCUT2D eigenvalue weighted by Crippen LogP contribution is -2.14. The SMILES string of the molecule is CNCCCc1nc(C)c2c(n1)CSCC2. The molecule has 0 radical (unpaired) electrons. The molecule has 16 heavy (non-hydrogen) atoms. The number of rotatable bonds is 4. The smallest absolute Gasteiger partial charge is 0.128 e. The standard InChI is InChI=1S/C12H19N3S/c1-9-10-5-7-16-8-11(10)15-12(14-9)4-3-6-13-2/h13H,3-8H2,1-2H3. The van der Waals surface area contributed by atoms with Gasteiger partial charge in [0.2, 0.25) is 0 Å². The van der Waals surface area contributed by atoms with Crippen LogP contribution in [-0.2, 0) is 18.6 Å². The van der Waals surface area contributed by atoms with Crippen LogP contribution in [0.2, 0.25) is 0 Å². The van der Waals surface area contributed by atoms with E-state index in [1.54, 1.807) is 0 Å². The van der Waals surface area contributed by atoms with Gasteiger partial charge in [-0.1, -0.05) is 0 Å². The Morgan fingerprint density at radius 2 is 2.25 bits per heavy atom. The highest BCUT2D eigenvalue weighted by Gasteiger charge is 2.15. The summed E-state index contributed by atoms with van der Waals surface area (Å²) in [6.07, 6.45) is 3.24. The third kappa shape index (κ3) is 2.74. The molecule has 4 heteroatoms. The molecule has 0 amide bonds. The fourth-order valence-corrected chi connectivity index (χ4v) is 2.97. The molecule has 0 spiro atoms. The minimum atomic E-state index is 0.986. The van der Waals surface area contributed by atoms with Crippen molar-refractivity contribution in [3.8, 4) is 0 Å². The van der Waals surface area contributed by atoms with Gasteiger partial charge in [-0.25, -0.2) is 9.97 Å². The van der Waals surface area contributed by atoms with Crippen molar-refractivity contribution in [3.63, 3.8) is 0 Å². The van der Waals surface area contributed by atoms with Gasteiger partial charge in [0.05, 0.1) is 5.69 Å². The Balaban J connectivity index is 2.12. The van der Waals surface area contributed by atoms with E-state index in [9.17, 15) is 0 Å². The van der Waals surface area contributed by atoms with Crippen molar-refractivity contribution < 1.29 is 0 Å². The molecule has 1 aliphatic rings. The van der Waals surface area contributed by atoms with Crippen molar-refractivity contribution in [2.24, 2.45) is 0 Å². The molecule has 1 N–H and O–H groups in total. The van der Waals surface area contributed by atoms with Gasteiger partial charge in [0.1, 0.15) is 5.82 Å². The highest BCUT2D eigenvalue weighted by molar-refractivity contribution is 7.98. The summed E-state index contributed by atoms with van der Waals surface area (Å²) in [5.74, 6) is 3.31. The molecule has 2 rings (SSSR count). The first-order valence-corrected chi connectivity index (χ1v) is 7.04. The predicted octanol–water partition coefficient (Wildman–Crippen LogP) is 1.73. The molecule has 0 atom stereocenters. The lowest BCUT2D eigenvalue weighted by atomic mass is 10.1. The molecule has 2 heterocycles. The molecule has 0 aromatic carbocycles. The van der Waals surface area contributed by atoms with Crippen molar-refractivity contribution in [1.82, 2.24) is 15.3 Å². The molecule has 1 aromatic heterocycles. The Bertz CT molecular complexity index is 366. The van der Waals surface area contributed by atoms with E-state index < -0.39 is 0 Å². The van der Waals surface area contributed by atoms with Gasteiger partial charge in [0.15, 0.2) is 0 Å². The number of nitrogens with zero attached hydrogens (tertiary/aromatic N) is 2. The normalized spacial score (nSPS) is 14.9. The maximum absolute atomic E-state index is 4.69. The second kappa shape index (κ2) is 5.64. The number of fused-ring (bicyclic) bond motifs is 1. The zero-order valence-electron chi connectivity index (χ0n) is 10.0. The summed E-state index contributed by atoms with van der Waals surface area (Å²) in [5.41, 5.74) is 3.88. The average molecular weight is 237 g/mol. The van der Waals surface area contributed by atoms with E-state index in [-0.39, 0.29) is 0 Å². The summed E-state index contributed by atoms with van der Waals surface area (Å²) in [4.78, 5) is 9.30. The van der Waals surface area contributed by atoms with Crippen LogP contribution in [0.5, 0.6) is 0 Å². The van der Waals surface area contributed by atoms with Crippen molar-refractivity contribution in [2.45, 2.75) is 31.9 Å². The van der Waals surface area contributed by atoms with Crippen LogP contribution in [0.25, 0.3) is 0 Å². The summed E-state index contributed by atoms with van der Waals surface area (Å²) in [6.45, 7) is 3.16. The van der Waals surface area contributed by atoms with Gasteiger partial charge in [-0.3, -0.25) is 0 Å². The van der Waals surface area contributed by atoms with Crippen LogP contribution >= 0.6 is 11.8 Å². The molecule has 0 fully saturated rings. The summed E-state index contributed by atoms with van der Waals surface area (Å²) in [5, 5.41) is 3.16. The van der Waals surface area contributed by atoms with E-state index in [0.29, 0.717) is 0 Å². The van der Waals surface area contributed by atoms with Crippen LogP contribution in [0.15, 0.2) is 0 Å². The van der Waals surface area contributed by atoms with Gasteiger partial charge in [-0.15, -0.1) is 0 Å². The van der Waals surface area contributed by atoms with Crippen molar-refractivity contribution in [3.05, 3.63) is 22.8 Å². The Labute approximate surface area is 101 Å². The van der Waals surface area contributed by atoms with Crippen LogP contribution < -0.4 is 5.32 Å². The number of aryl methyl sites for hydroxylation is 2. The summed E-state index contributed by atoms with van der Waals surface area (Å²) in [7, 11) is 1.98. The second-order valence-corrected chi connectivity index (χ2v) is 5.27. The van der Waals surface area contributed by atoms with Gasteiger partial charge in [-0.05, 0) is 44.7 Å². The van der Waals surface area contributed by atoms with Gasteiger partial charge in [0, 0.05) is 17.9 Å². The fraction of sp³-hybridized carbons (Fsp3) is 0.667. The number of nitrogens with one attached hydrogen (secondary N) is 1. The van der Waals surface area contributed by atoms with E-state index in [1.807, 2.05) is 18.8 Å². The third-order valence-electron chi connectivity index (χ3n) is 2.91. The van der Waals surface area contributed by atoms with E-state index >= 15 is 0 Å². The second-order valence-electron chi connectivity index (χ2n) is 4.16. The highest BCUT2D eigenvalue weighted by atomic mass is 32.2. The minimum Gasteiger partial charge on any atom is -0.320 e. The molecule has 0 unspecified atom stereocenters. The average Bonchev–Trinajstić information content (AvgIpc) is 2.30. The number of hydrogen-bond acceptors (Lipinski definition) is 4. The van der Waals surface area contributed by atoms with Crippen LogP contribution in [0.3, 0.4) is 0 Å². The summed E-state index contributed by atoms with van der Waals surface area (Å²) < 4.78 is 0. The Morgan fingerprint density at radius 1 is 1.38 bits per heavy atom.